The zero-order valence-electron chi connectivity index (χ0n) is 10.3. The summed E-state index contributed by atoms with van der Waals surface area (Å²) in [5, 5.41) is 0. The van der Waals surface area contributed by atoms with Gasteiger partial charge in [0.15, 0.2) is 0 Å². The van der Waals surface area contributed by atoms with Crippen molar-refractivity contribution in [2.45, 2.75) is 13.5 Å². The second kappa shape index (κ2) is 5.87. The lowest BCUT2D eigenvalue weighted by Gasteiger charge is -2.08. The van der Waals surface area contributed by atoms with Gasteiger partial charge in [-0.3, -0.25) is 0 Å². The van der Waals surface area contributed by atoms with Gasteiger partial charge in [-0.2, -0.15) is 0 Å². The Morgan fingerprint density at radius 1 is 1.17 bits per heavy atom. The van der Waals surface area contributed by atoms with Crippen LogP contribution in [0.15, 0.2) is 41.0 Å². The van der Waals surface area contributed by atoms with Crippen LogP contribution in [0.1, 0.15) is 11.1 Å². The van der Waals surface area contributed by atoms with Gasteiger partial charge in [0, 0.05) is 6.20 Å². The summed E-state index contributed by atoms with van der Waals surface area (Å²) in [6, 6.07) is 9.71. The molecule has 94 valence electrons. The fraction of sp³-hybridized carbons (Fsp3) is 0.214. The molecule has 0 aliphatic heterocycles. The number of pyridine rings is 1. The standard InChI is InChI=1S/C14H14BrNO2/c1-10-7-8-16-14(13(10)15)18-9-11-3-5-12(17-2)6-4-11/h3-8H,9H2,1-2H3. The van der Waals surface area contributed by atoms with Crippen LogP contribution in [0.3, 0.4) is 0 Å². The van der Waals surface area contributed by atoms with Gasteiger partial charge in [0.1, 0.15) is 12.4 Å². The Kier molecular flexibility index (Phi) is 4.20. The largest absolute Gasteiger partial charge is 0.497 e. The Labute approximate surface area is 115 Å². The number of aromatic nitrogens is 1. The molecule has 1 aromatic carbocycles. The fourth-order valence-corrected chi connectivity index (χ4v) is 1.84. The van der Waals surface area contributed by atoms with Crippen molar-refractivity contribution in [2.24, 2.45) is 0 Å². The third-order valence-corrected chi connectivity index (χ3v) is 3.55. The summed E-state index contributed by atoms with van der Waals surface area (Å²) in [6.07, 6.45) is 1.74. The first kappa shape index (κ1) is 12.9. The zero-order valence-corrected chi connectivity index (χ0v) is 11.9. The lowest BCUT2D eigenvalue weighted by Crippen LogP contribution is -1.98. The number of ether oxygens (including phenoxy) is 2. The Morgan fingerprint density at radius 2 is 1.89 bits per heavy atom. The summed E-state index contributed by atoms with van der Waals surface area (Å²) in [7, 11) is 1.65. The first-order valence-corrected chi connectivity index (χ1v) is 6.37. The Hall–Kier alpha value is -1.55. The lowest BCUT2D eigenvalue weighted by atomic mass is 10.2. The molecular formula is C14H14BrNO2. The lowest BCUT2D eigenvalue weighted by molar-refractivity contribution is 0.291. The molecule has 0 unspecified atom stereocenters. The predicted octanol–water partition coefficient (Wildman–Crippen LogP) is 3.74. The van der Waals surface area contributed by atoms with Crippen molar-refractivity contribution < 1.29 is 9.47 Å². The van der Waals surface area contributed by atoms with E-state index in [1.807, 2.05) is 37.3 Å². The van der Waals surface area contributed by atoms with Crippen LogP contribution in [0.5, 0.6) is 11.6 Å². The molecule has 3 nitrogen and oxygen atoms in total. The van der Waals surface area contributed by atoms with E-state index in [1.54, 1.807) is 13.3 Å². The number of methoxy groups -OCH3 is 1. The first-order valence-electron chi connectivity index (χ1n) is 5.57. The van der Waals surface area contributed by atoms with Crippen molar-refractivity contribution in [2.75, 3.05) is 7.11 Å². The Bertz CT molecular complexity index is 526. The summed E-state index contributed by atoms with van der Waals surface area (Å²) in [5.41, 5.74) is 2.18. The van der Waals surface area contributed by atoms with E-state index in [0.29, 0.717) is 12.5 Å². The smallest absolute Gasteiger partial charge is 0.228 e. The number of aryl methyl sites for hydroxylation is 1. The summed E-state index contributed by atoms with van der Waals surface area (Å²) in [5.74, 6) is 1.46. The monoisotopic (exact) mass is 307 g/mol. The maximum atomic E-state index is 5.68. The minimum atomic E-state index is 0.485. The van der Waals surface area contributed by atoms with Crippen LogP contribution >= 0.6 is 15.9 Å². The number of rotatable bonds is 4. The van der Waals surface area contributed by atoms with Gasteiger partial charge in [-0.05, 0) is 52.2 Å². The summed E-state index contributed by atoms with van der Waals surface area (Å²) in [4.78, 5) is 4.19. The van der Waals surface area contributed by atoms with Crippen LogP contribution in [0.4, 0.5) is 0 Å². The quantitative estimate of drug-likeness (QED) is 0.862. The molecule has 18 heavy (non-hydrogen) atoms. The van der Waals surface area contributed by atoms with Crippen molar-refractivity contribution in [3.63, 3.8) is 0 Å². The highest BCUT2D eigenvalue weighted by Crippen LogP contribution is 2.26. The molecule has 0 aliphatic carbocycles. The number of hydrogen-bond donors (Lipinski definition) is 0. The second-order valence-corrected chi connectivity index (χ2v) is 4.68. The van der Waals surface area contributed by atoms with E-state index in [4.69, 9.17) is 9.47 Å². The SMILES string of the molecule is COc1ccc(COc2nccc(C)c2Br)cc1. The molecule has 0 spiro atoms. The van der Waals surface area contributed by atoms with Crippen LogP contribution in [0.25, 0.3) is 0 Å². The molecule has 2 rings (SSSR count). The van der Waals surface area contributed by atoms with Gasteiger partial charge in [-0.25, -0.2) is 4.98 Å². The summed E-state index contributed by atoms with van der Waals surface area (Å²) in [6.45, 7) is 2.49. The minimum Gasteiger partial charge on any atom is -0.497 e. The van der Waals surface area contributed by atoms with Crippen molar-refractivity contribution in [1.29, 1.82) is 0 Å². The van der Waals surface area contributed by atoms with Crippen LogP contribution in [0.2, 0.25) is 0 Å². The molecule has 0 saturated carbocycles. The average Bonchev–Trinajstić information content (AvgIpc) is 2.41. The third kappa shape index (κ3) is 3.01. The number of benzene rings is 1. The fourth-order valence-electron chi connectivity index (χ4n) is 1.49. The molecule has 4 heteroatoms. The van der Waals surface area contributed by atoms with Crippen molar-refractivity contribution in [3.05, 3.63) is 52.1 Å². The average molecular weight is 308 g/mol. The van der Waals surface area contributed by atoms with Crippen LogP contribution in [-0.4, -0.2) is 12.1 Å². The molecule has 1 aromatic heterocycles. The topological polar surface area (TPSA) is 31.4 Å². The molecule has 0 fully saturated rings. The van der Waals surface area contributed by atoms with Gasteiger partial charge in [0.2, 0.25) is 5.88 Å². The third-order valence-electron chi connectivity index (χ3n) is 2.58. The second-order valence-electron chi connectivity index (χ2n) is 3.88. The van der Waals surface area contributed by atoms with E-state index < -0.39 is 0 Å². The highest BCUT2D eigenvalue weighted by molar-refractivity contribution is 9.10. The van der Waals surface area contributed by atoms with E-state index in [-0.39, 0.29) is 0 Å². The molecule has 0 N–H and O–H groups in total. The van der Waals surface area contributed by atoms with Crippen molar-refractivity contribution in [3.8, 4) is 11.6 Å². The van der Waals surface area contributed by atoms with E-state index in [1.165, 1.54) is 0 Å². The van der Waals surface area contributed by atoms with Gasteiger partial charge in [-0.1, -0.05) is 12.1 Å². The van der Waals surface area contributed by atoms with Gasteiger partial charge in [-0.15, -0.1) is 0 Å². The molecular weight excluding hydrogens is 294 g/mol. The number of hydrogen-bond acceptors (Lipinski definition) is 3. The maximum Gasteiger partial charge on any atom is 0.228 e. The normalized spacial score (nSPS) is 10.2. The van der Waals surface area contributed by atoms with Gasteiger partial charge in [0.05, 0.1) is 11.6 Å². The molecule has 0 saturated heterocycles. The van der Waals surface area contributed by atoms with Crippen LogP contribution in [-0.2, 0) is 6.61 Å². The van der Waals surface area contributed by atoms with Gasteiger partial charge in [0.25, 0.3) is 0 Å². The molecule has 0 bridgehead atoms. The Balaban J connectivity index is 2.04. The van der Waals surface area contributed by atoms with Crippen LogP contribution < -0.4 is 9.47 Å². The predicted molar refractivity (Wildman–Crippen MR) is 74.0 cm³/mol. The molecule has 0 aliphatic rings. The van der Waals surface area contributed by atoms with Crippen molar-refractivity contribution >= 4 is 15.9 Å². The van der Waals surface area contributed by atoms with E-state index in [2.05, 4.69) is 20.9 Å². The summed E-state index contributed by atoms with van der Waals surface area (Å²) < 4.78 is 11.7. The van der Waals surface area contributed by atoms with E-state index in [9.17, 15) is 0 Å². The first-order chi connectivity index (χ1) is 8.70. The summed E-state index contributed by atoms with van der Waals surface area (Å²) >= 11 is 3.47. The van der Waals surface area contributed by atoms with Crippen LogP contribution in [0, 0.1) is 6.92 Å². The van der Waals surface area contributed by atoms with E-state index >= 15 is 0 Å². The zero-order chi connectivity index (χ0) is 13.0. The van der Waals surface area contributed by atoms with Crippen molar-refractivity contribution in [1.82, 2.24) is 4.98 Å². The minimum absolute atomic E-state index is 0.485. The number of halogens is 1. The molecule has 2 aromatic rings. The highest BCUT2D eigenvalue weighted by Gasteiger charge is 2.05. The van der Waals surface area contributed by atoms with Gasteiger partial charge >= 0.3 is 0 Å². The molecule has 0 radical (unpaired) electrons. The number of nitrogens with zero attached hydrogens (tertiary/aromatic N) is 1. The molecule has 0 atom stereocenters. The van der Waals surface area contributed by atoms with Gasteiger partial charge < -0.3 is 9.47 Å². The van der Waals surface area contributed by atoms with E-state index in [0.717, 1.165) is 21.3 Å². The Morgan fingerprint density at radius 3 is 2.56 bits per heavy atom. The molecule has 0 amide bonds. The highest BCUT2D eigenvalue weighted by atomic mass is 79.9. The maximum absolute atomic E-state index is 5.68. The molecule has 1 heterocycles.